The van der Waals surface area contributed by atoms with Crippen molar-refractivity contribution in [3.05, 3.63) is 59.0 Å². The van der Waals surface area contributed by atoms with Crippen LogP contribution in [0.5, 0.6) is 0 Å². The van der Waals surface area contributed by atoms with Crippen LogP contribution < -0.4 is 0 Å². The highest BCUT2D eigenvalue weighted by atomic mass is 35.5. The van der Waals surface area contributed by atoms with Crippen LogP contribution in [0.4, 0.5) is 0 Å². The number of hydrogen-bond acceptors (Lipinski definition) is 3. The molecule has 126 valence electrons. The molecule has 0 amide bonds. The molecular formula is C18H22ClN5. The molecule has 0 spiro atoms. The molecular weight excluding hydrogens is 322 g/mol. The van der Waals surface area contributed by atoms with E-state index in [2.05, 4.69) is 34.5 Å². The Bertz CT molecular complexity index is 820. The summed E-state index contributed by atoms with van der Waals surface area (Å²) in [6, 6.07) is 7.85. The lowest BCUT2D eigenvalue weighted by molar-refractivity contribution is 0.331. The zero-order valence-electron chi connectivity index (χ0n) is 14.3. The molecule has 2 aromatic heterocycles. The molecule has 0 atom stereocenters. The summed E-state index contributed by atoms with van der Waals surface area (Å²) in [7, 11) is 6.03. The molecule has 0 unspecified atom stereocenters. The number of aryl methyl sites for hydroxylation is 2. The van der Waals surface area contributed by atoms with E-state index >= 15 is 0 Å². The summed E-state index contributed by atoms with van der Waals surface area (Å²) in [5, 5.41) is 9.56. The first-order valence-electron chi connectivity index (χ1n) is 7.96. The predicted octanol–water partition coefficient (Wildman–Crippen LogP) is 3.15. The standard InChI is InChI=1S/C18H22ClN5/c1-22(8-7-14-10-20-23(2)11-14)12-16-13-24(3)21-18(16)15-5-4-6-17(19)9-15/h4-6,9-11,13H,7-8,12H2,1-3H3. The summed E-state index contributed by atoms with van der Waals surface area (Å²) < 4.78 is 3.70. The molecule has 0 bridgehead atoms. The van der Waals surface area contributed by atoms with Crippen molar-refractivity contribution in [2.75, 3.05) is 13.6 Å². The minimum atomic E-state index is 0.731. The monoisotopic (exact) mass is 343 g/mol. The molecule has 0 aliphatic heterocycles. The molecule has 6 heteroatoms. The molecule has 0 saturated carbocycles. The maximum atomic E-state index is 6.13. The molecule has 0 fully saturated rings. The molecule has 3 rings (SSSR count). The van der Waals surface area contributed by atoms with Crippen LogP contribution in [-0.2, 0) is 27.1 Å². The molecule has 0 saturated heterocycles. The summed E-state index contributed by atoms with van der Waals surface area (Å²) in [6.07, 6.45) is 7.05. The maximum Gasteiger partial charge on any atom is 0.0968 e. The van der Waals surface area contributed by atoms with E-state index in [0.717, 1.165) is 35.8 Å². The van der Waals surface area contributed by atoms with Crippen molar-refractivity contribution >= 4 is 11.6 Å². The molecule has 5 nitrogen and oxygen atoms in total. The highest BCUT2D eigenvalue weighted by molar-refractivity contribution is 6.30. The number of nitrogens with zero attached hydrogens (tertiary/aromatic N) is 5. The van der Waals surface area contributed by atoms with Crippen molar-refractivity contribution in [1.82, 2.24) is 24.5 Å². The highest BCUT2D eigenvalue weighted by Gasteiger charge is 2.12. The van der Waals surface area contributed by atoms with Gasteiger partial charge in [-0.2, -0.15) is 10.2 Å². The van der Waals surface area contributed by atoms with Crippen LogP contribution in [0.1, 0.15) is 11.1 Å². The summed E-state index contributed by atoms with van der Waals surface area (Å²) in [6.45, 7) is 1.81. The Balaban J connectivity index is 1.70. The SMILES string of the molecule is CN(CCc1cnn(C)c1)Cc1cn(C)nc1-c1cccc(Cl)c1. The smallest absolute Gasteiger partial charge is 0.0968 e. The Kier molecular flexibility index (Phi) is 5.02. The molecule has 0 aliphatic rings. The van der Waals surface area contributed by atoms with Gasteiger partial charge in [0.15, 0.2) is 0 Å². The zero-order valence-corrected chi connectivity index (χ0v) is 15.0. The number of hydrogen-bond donors (Lipinski definition) is 0. The van der Waals surface area contributed by atoms with E-state index in [1.165, 1.54) is 11.1 Å². The maximum absolute atomic E-state index is 6.13. The molecule has 2 heterocycles. The average molecular weight is 344 g/mol. The van der Waals surface area contributed by atoms with E-state index in [1.807, 2.05) is 53.9 Å². The second kappa shape index (κ2) is 7.20. The van der Waals surface area contributed by atoms with Gasteiger partial charge in [-0.1, -0.05) is 23.7 Å². The first-order valence-corrected chi connectivity index (χ1v) is 8.33. The van der Waals surface area contributed by atoms with Crippen LogP contribution >= 0.6 is 11.6 Å². The van der Waals surface area contributed by atoms with Gasteiger partial charge in [-0.3, -0.25) is 9.36 Å². The van der Waals surface area contributed by atoms with Crippen LogP contribution in [0.25, 0.3) is 11.3 Å². The average Bonchev–Trinajstić information content (AvgIpc) is 3.11. The third kappa shape index (κ3) is 4.04. The minimum Gasteiger partial charge on any atom is -0.302 e. The molecule has 1 aromatic carbocycles. The van der Waals surface area contributed by atoms with Crippen molar-refractivity contribution < 1.29 is 0 Å². The summed E-state index contributed by atoms with van der Waals surface area (Å²) >= 11 is 6.13. The van der Waals surface area contributed by atoms with Crippen molar-refractivity contribution in [2.24, 2.45) is 14.1 Å². The lowest BCUT2D eigenvalue weighted by atomic mass is 10.1. The molecule has 0 radical (unpaired) electrons. The lowest BCUT2D eigenvalue weighted by Gasteiger charge is -2.16. The van der Waals surface area contributed by atoms with Gasteiger partial charge in [-0.25, -0.2) is 0 Å². The van der Waals surface area contributed by atoms with E-state index in [0.29, 0.717) is 0 Å². The lowest BCUT2D eigenvalue weighted by Crippen LogP contribution is -2.20. The van der Waals surface area contributed by atoms with Crippen LogP contribution in [0.15, 0.2) is 42.9 Å². The van der Waals surface area contributed by atoms with Crippen molar-refractivity contribution in [3.63, 3.8) is 0 Å². The summed E-state index contributed by atoms with van der Waals surface area (Å²) in [5.41, 5.74) is 4.51. The predicted molar refractivity (Wildman–Crippen MR) is 96.9 cm³/mol. The minimum absolute atomic E-state index is 0.731. The molecule has 0 N–H and O–H groups in total. The van der Waals surface area contributed by atoms with Gasteiger partial charge in [0.05, 0.1) is 11.9 Å². The van der Waals surface area contributed by atoms with Crippen LogP contribution in [0, 0.1) is 0 Å². The van der Waals surface area contributed by atoms with Crippen LogP contribution in [0.3, 0.4) is 0 Å². The van der Waals surface area contributed by atoms with E-state index in [9.17, 15) is 0 Å². The Morgan fingerprint density at radius 2 is 2.00 bits per heavy atom. The van der Waals surface area contributed by atoms with Crippen molar-refractivity contribution in [2.45, 2.75) is 13.0 Å². The Labute approximate surface area is 147 Å². The van der Waals surface area contributed by atoms with Crippen LogP contribution in [-0.4, -0.2) is 38.1 Å². The number of benzene rings is 1. The second-order valence-corrected chi connectivity index (χ2v) is 6.63. The molecule has 3 aromatic rings. The topological polar surface area (TPSA) is 38.9 Å². The highest BCUT2D eigenvalue weighted by Crippen LogP contribution is 2.25. The number of likely N-dealkylation sites (N-methyl/N-ethyl adjacent to an activating group) is 1. The number of aromatic nitrogens is 4. The van der Waals surface area contributed by atoms with E-state index in [1.54, 1.807) is 0 Å². The Morgan fingerprint density at radius 1 is 1.17 bits per heavy atom. The fourth-order valence-electron chi connectivity index (χ4n) is 2.82. The van der Waals surface area contributed by atoms with Gasteiger partial charge < -0.3 is 4.90 Å². The fraction of sp³-hybridized carbons (Fsp3) is 0.333. The zero-order chi connectivity index (χ0) is 17.1. The van der Waals surface area contributed by atoms with E-state index in [4.69, 9.17) is 11.6 Å². The molecule has 24 heavy (non-hydrogen) atoms. The van der Waals surface area contributed by atoms with Gasteiger partial charge >= 0.3 is 0 Å². The van der Waals surface area contributed by atoms with Gasteiger partial charge in [0.2, 0.25) is 0 Å². The van der Waals surface area contributed by atoms with Crippen molar-refractivity contribution in [1.29, 1.82) is 0 Å². The first-order chi connectivity index (χ1) is 11.5. The van der Waals surface area contributed by atoms with Crippen LogP contribution in [0.2, 0.25) is 5.02 Å². The quantitative estimate of drug-likeness (QED) is 0.690. The van der Waals surface area contributed by atoms with Gasteiger partial charge in [0, 0.05) is 55.7 Å². The Morgan fingerprint density at radius 3 is 2.71 bits per heavy atom. The Hall–Kier alpha value is -2.11. The number of halogens is 1. The second-order valence-electron chi connectivity index (χ2n) is 6.20. The normalized spacial score (nSPS) is 11.4. The first kappa shape index (κ1) is 16.7. The van der Waals surface area contributed by atoms with Gasteiger partial charge in [0.25, 0.3) is 0 Å². The largest absolute Gasteiger partial charge is 0.302 e. The van der Waals surface area contributed by atoms with Gasteiger partial charge in [-0.05, 0) is 31.2 Å². The van der Waals surface area contributed by atoms with Crippen molar-refractivity contribution in [3.8, 4) is 11.3 Å². The third-order valence-electron chi connectivity index (χ3n) is 3.98. The van der Waals surface area contributed by atoms with E-state index < -0.39 is 0 Å². The van der Waals surface area contributed by atoms with E-state index in [-0.39, 0.29) is 0 Å². The fourth-order valence-corrected chi connectivity index (χ4v) is 3.01. The number of rotatable bonds is 6. The van der Waals surface area contributed by atoms with Gasteiger partial charge in [0.1, 0.15) is 0 Å². The summed E-state index contributed by atoms with van der Waals surface area (Å²) in [4.78, 5) is 2.30. The third-order valence-corrected chi connectivity index (χ3v) is 4.22. The van der Waals surface area contributed by atoms with Gasteiger partial charge in [-0.15, -0.1) is 0 Å². The summed E-state index contributed by atoms with van der Waals surface area (Å²) in [5.74, 6) is 0. The molecule has 0 aliphatic carbocycles.